The molecule has 0 spiro atoms. The molecule has 2 rings (SSSR count). The molecule has 2 aromatic heterocycles. The molecule has 0 bridgehead atoms. The lowest BCUT2D eigenvalue weighted by Gasteiger charge is -2.10. The van der Waals surface area contributed by atoms with E-state index < -0.39 is 17.4 Å². The fourth-order valence-corrected chi connectivity index (χ4v) is 1.77. The number of H-pyrrole nitrogens is 1. The number of halogens is 4. The van der Waals surface area contributed by atoms with Gasteiger partial charge in [-0.1, -0.05) is 18.5 Å². The van der Waals surface area contributed by atoms with Gasteiger partial charge in [0.05, 0.1) is 10.6 Å². The van der Waals surface area contributed by atoms with E-state index in [2.05, 4.69) is 15.1 Å². The average Bonchev–Trinajstić information content (AvgIpc) is 2.69. The van der Waals surface area contributed by atoms with Crippen LogP contribution in [0.25, 0.3) is 5.82 Å². The summed E-state index contributed by atoms with van der Waals surface area (Å²) in [5.41, 5.74) is -1.57. The Balaban J connectivity index is 2.55. The Kier molecular flexibility index (Phi) is 3.36. The molecular weight excluding hydrogens is 285 g/mol. The zero-order chi connectivity index (χ0) is 14.2. The molecule has 0 aromatic carbocycles. The SMILES string of the molecule is CCc1nc(=O)[nH]n1-c1ncc(C(F)(F)F)cc1Cl. The van der Waals surface area contributed by atoms with Gasteiger partial charge in [-0.3, -0.25) is 0 Å². The third-order valence-corrected chi connectivity index (χ3v) is 2.65. The van der Waals surface area contributed by atoms with Gasteiger partial charge in [0, 0.05) is 12.6 Å². The molecule has 102 valence electrons. The summed E-state index contributed by atoms with van der Waals surface area (Å²) < 4.78 is 38.6. The van der Waals surface area contributed by atoms with Crippen LogP contribution >= 0.6 is 11.6 Å². The van der Waals surface area contributed by atoms with Crippen LogP contribution in [0.2, 0.25) is 5.02 Å². The molecule has 0 aliphatic carbocycles. The molecule has 0 saturated heterocycles. The molecule has 0 radical (unpaired) electrons. The van der Waals surface area contributed by atoms with Crippen molar-refractivity contribution in [3.05, 3.63) is 39.2 Å². The number of aromatic amines is 1. The van der Waals surface area contributed by atoms with E-state index in [1.165, 1.54) is 4.68 Å². The van der Waals surface area contributed by atoms with E-state index in [1.807, 2.05) is 0 Å². The van der Waals surface area contributed by atoms with Crippen LogP contribution < -0.4 is 5.69 Å². The Labute approximate surface area is 110 Å². The maximum Gasteiger partial charge on any atom is 0.417 e. The summed E-state index contributed by atoms with van der Waals surface area (Å²) in [7, 11) is 0. The van der Waals surface area contributed by atoms with Gasteiger partial charge in [-0.25, -0.2) is 19.6 Å². The van der Waals surface area contributed by atoms with Crippen molar-refractivity contribution in [2.45, 2.75) is 19.5 Å². The van der Waals surface area contributed by atoms with E-state index in [-0.39, 0.29) is 10.8 Å². The molecule has 0 aliphatic heterocycles. The van der Waals surface area contributed by atoms with Crippen LogP contribution in [0.15, 0.2) is 17.1 Å². The highest BCUT2D eigenvalue weighted by Crippen LogP contribution is 2.31. The molecule has 0 amide bonds. The van der Waals surface area contributed by atoms with Crippen molar-refractivity contribution in [1.29, 1.82) is 0 Å². The first-order valence-electron chi connectivity index (χ1n) is 5.24. The van der Waals surface area contributed by atoms with Crippen LogP contribution in [-0.4, -0.2) is 19.7 Å². The number of aromatic nitrogens is 4. The Bertz CT molecular complexity index is 662. The normalized spacial score (nSPS) is 11.8. The minimum absolute atomic E-state index is 0.00103. The number of nitrogens with zero attached hydrogens (tertiary/aromatic N) is 3. The highest BCUT2D eigenvalue weighted by Gasteiger charge is 2.31. The van der Waals surface area contributed by atoms with Gasteiger partial charge in [0.2, 0.25) is 0 Å². The zero-order valence-corrected chi connectivity index (χ0v) is 10.4. The summed E-state index contributed by atoms with van der Waals surface area (Å²) >= 11 is 5.78. The van der Waals surface area contributed by atoms with E-state index in [1.54, 1.807) is 6.92 Å². The lowest BCUT2D eigenvalue weighted by atomic mass is 10.3. The molecule has 2 aromatic rings. The van der Waals surface area contributed by atoms with Crippen LogP contribution in [-0.2, 0) is 12.6 Å². The molecule has 0 aliphatic rings. The Morgan fingerprint density at radius 2 is 2.16 bits per heavy atom. The fourth-order valence-electron chi connectivity index (χ4n) is 1.52. The summed E-state index contributed by atoms with van der Waals surface area (Å²) in [4.78, 5) is 18.4. The molecule has 9 heteroatoms. The Morgan fingerprint density at radius 1 is 1.47 bits per heavy atom. The molecular formula is C10H8ClF3N4O. The number of hydrogen-bond acceptors (Lipinski definition) is 3. The van der Waals surface area contributed by atoms with E-state index in [0.717, 1.165) is 6.07 Å². The van der Waals surface area contributed by atoms with E-state index in [4.69, 9.17) is 11.6 Å². The van der Waals surface area contributed by atoms with Crippen molar-refractivity contribution in [3.63, 3.8) is 0 Å². The third-order valence-electron chi connectivity index (χ3n) is 2.37. The molecule has 5 nitrogen and oxygen atoms in total. The van der Waals surface area contributed by atoms with Crippen molar-refractivity contribution < 1.29 is 13.2 Å². The van der Waals surface area contributed by atoms with Gasteiger partial charge in [-0.05, 0) is 6.07 Å². The first-order valence-corrected chi connectivity index (χ1v) is 5.61. The minimum Gasteiger partial charge on any atom is -0.244 e. The third kappa shape index (κ3) is 2.62. The van der Waals surface area contributed by atoms with E-state index in [9.17, 15) is 18.0 Å². The van der Waals surface area contributed by atoms with Gasteiger partial charge >= 0.3 is 11.9 Å². The van der Waals surface area contributed by atoms with Gasteiger partial charge in [-0.15, -0.1) is 0 Å². The number of nitrogens with one attached hydrogen (secondary N) is 1. The Morgan fingerprint density at radius 3 is 2.68 bits per heavy atom. The molecule has 19 heavy (non-hydrogen) atoms. The van der Waals surface area contributed by atoms with Crippen molar-refractivity contribution in [2.75, 3.05) is 0 Å². The molecule has 0 fully saturated rings. The lowest BCUT2D eigenvalue weighted by molar-refractivity contribution is -0.137. The van der Waals surface area contributed by atoms with Crippen LogP contribution in [0, 0.1) is 0 Å². The molecule has 0 unspecified atom stereocenters. The lowest BCUT2D eigenvalue weighted by Crippen LogP contribution is -2.11. The van der Waals surface area contributed by atoms with E-state index >= 15 is 0 Å². The largest absolute Gasteiger partial charge is 0.417 e. The maximum absolute atomic E-state index is 12.5. The van der Waals surface area contributed by atoms with Gasteiger partial charge in [0.25, 0.3) is 0 Å². The highest BCUT2D eigenvalue weighted by atomic mass is 35.5. The van der Waals surface area contributed by atoms with Crippen LogP contribution in [0.4, 0.5) is 13.2 Å². The summed E-state index contributed by atoms with van der Waals surface area (Å²) in [6, 6.07) is 0.752. The second kappa shape index (κ2) is 4.69. The Hall–Kier alpha value is -1.83. The summed E-state index contributed by atoms with van der Waals surface area (Å²) in [5, 5.41) is 2.11. The number of aryl methyl sites for hydroxylation is 1. The molecule has 1 N–H and O–H groups in total. The summed E-state index contributed by atoms with van der Waals surface area (Å²) in [5.74, 6) is 0.334. The first-order chi connectivity index (χ1) is 8.82. The number of alkyl halides is 3. The first kappa shape index (κ1) is 13.6. The van der Waals surface area contributed by atoms with Crippen molar-refractivity contribution in [2.24, 2.45) is 0 Å². The average molecular weight is 293 g/mol. The molecule has 2 heterocycles. The maximum atomic E-state index is 12.5. The van der Waals surface area contributed by atoms with Crippen LogP contribution in [0.1, 0.15) is 18.3 Å². The van der Waals surface area contributed by atoms with Crippen LogP contribution in [0.5, 0.6) is 0 Å². The highest BCUT2D eigenvalue weighted by molar-refractivity contribution is 6.32. The van der Waals surface area contributed by atoms with Gasteiger partial charge in [-0.2, -0.15) is 18.2 Å². The quantitative estimate of drug-likeness (QED) is 0.923. The van der Waals surface area contributed by atoms with Crippen molar-refractivity contribution in [3.8, 4) is 5.82 Å². The number of rotatable bonds is 2. The predicted molar refractivity (Wildman–Crippen MR) is 61.4 cm³/mol. The molecule has 0 atom stereocenters. The van der Waals surface area contributed by atoms with Gasteiger partial charge < -0.3 is 0 Å². The molecule has 0 saturated carbocycles. The number of pyridine rings is 1. The standard InChI is InChI=1S/C10H8ClF3N4O/c1-2-7-16-9(19)17-18(7)8-6(11)3-5(4-15-8)10(12,13)14/h3-4H,2H2,1H3,(H,17,19). The smallest absolute Gasteiger partial charge is 0.244 e. The minimum atomic E-state index is -4.52. The van der Waals surface area contributed by atoms with Crippen molar-refractivity contribution >= 4 is 11.6 Å². The van der Waals surface area contributed by atoms with Crippen molar-refractivity contribution in [1.82, 2.24) is 19.7 Å². The van der Waals surface area contributed by atoms with Gasteiger partial charge in [0.15, 0.2) is 5.82 Å². The van der Waals surface area contributed by atoms with Gasteiger partial charge in [0.1, 0.15) is 5.82 Å². The predicted octanol–water partition coefficient (Wildman–Crippen LogP) is 2.19. The fraction of sp³-hybridized carbons (Fsp3) is 0.300. The number of hydrogen-bond donors (Lipinski definition) is 1. The summed E-state index contributed by atoms with van der Waals surface area (Å²) in [6.07, 6.45) is -3.47. The van der Waals surface area contributed by atoms with Crippen LogP contribution in [0.3, 0.4) is 0 Å². The summed E-state index contributed by atoms with van der Waals surface area (Å²) in [6.45, 7) is 1.74. The topological polar surface area (TPSA) is 63.6 Å². The second-order valence-corrected chi connectivity index (χ2v) is 4.07. The van der Waals surface area contributed by atoms with E-state index in [0.29, 0.717) is 18.4 Å². The zero-order valence-electron chi connectivity index (χ0n) is 9.62. The monoisotopic (exact) mass is 292 g/mol. The second-order valence-electron chi connectivity index (χ2n) is 3.66.